The summed E-state index contributed by atoms with van der Waals surface area (Å²) in [6.07, 6.45) is 1.10. The number of para-hydroxylation sites is 1. The van der Waals surface area contributed by atoms with Crippen molar-refractivity contribution in [3.05, 3.63) is 58.6 Å². The Kier molecular flexibility index (Phi) is 9.32. The highest BCUT2D eigenvalue weighted by Gasteiger charge is 2.11. The van der Waals surface area contributed by atoms with Gasteiger partial charge in [0, 0.05) is 17.1 Å². The smallest absolute Gasteiger partial charge is 0.166 e. The van der Waals surface area contributed by atoms with Gasteiger partial charge in [0.1, 0.15) is 6.61 Å². The van der Waals surface area contributed by atoms with Crippen LogP contribution in [0.1, 0.15) is 31.4 Å². The molecule has 2 aromatic carbocycles. The van der Waals surface area contributed by atoms with Gasteiger partial charge in [0.15, 0.2) is 11.5 Å². The molecule has 0 saturated carbocycles. The first-order valence-electron chi connectivity index (χ1n) is 9.28. The van der Waals surface area contributed by atoms with E-state index in [9.17, 15) is 0 Å². The highest BCUT2D eigenvalue weighted by atomic mass is 35.5. The molecule has 0 spiro atoms. The zero-order valence-electron chi connectivity index (χ0n) is 15.7. The predicted octanol–water partition coefficient (Wildman–Crippen LogP) is 4.41. The van der Waals surface area contributed by atoms with E-state index in [-0.39, 0.29) is 0 Å². The average Bonchev–Trinajstić information content (AvgIpc) is 2.65. The first-order chi connectivity index (χ1) is 12.7. The Morgan fingerprint density at radius 3 is 2.42 bits per heavy atom. The third-order valence-electron chi connectivity index (χ3n) is 3.93. The van der Waals surface area contributed by atoms with Gasteiger partial charge in [-0.1, -0.05) is 42.8 Å². The van der Waals surface area contributed by atoms with Crippen LogP contribution in [0.2, 0.25) is 5.02 Å². The molecule has 2 rings (SSSR count). The average molecular weight is 377 g/mol. The molecule has 0 saturated heterocycles. The van der Waals surface area contributed by atoms with E-state index in [0.717, 1.165) is 60.2 Å². The van der Waals surface area contributed by atoms with Crippen molar-refractivity contribution in [3.63, 3.8) is 0 Å². The summed E-state index contributed by atoms with van der Waals surface area (Å²) in [5.74, 6) is 1.59. The van der Waals surface area contributed by atoms with Crippen LogP contribution in [-0.4, -0.2) is 26.2 Å². The Morgan fingerprint density at radius 1 is 0.923 bits per heavy atom. The van der Waals surface area contributed by atoms with E-state index < -0.39 is 0 Å². The molecular weight excluding hydrogens is 348 g/mol. The SMILES string of the molecule is CCNCCCNCc1cccc(OCC)c1OCc1ccc(Cl)cc1. The van der Waals surface area contributed by atoms with Crippen LogP contribution in [0.25, 0.3) is 0 Å². The minimum absolute atomic E-state index is 0.481. The number of halogens is 1. The van der Waals surface area contributed by atoms with Crippen molar-refractivity contribution in [3.8, 4) is 11.5 Å². The van der Waals surface area contributed by atoms with Crippen LogP contribution in [0.3, 0.4) is 0 Å². The van der Waals surface area contributed by atoms with Crippen molar-refractivity contribution in [1.29, 1.82) is 0 Å². The lowest BCUT2D eigenvalue weighted by molar-refractivity contribution is 0.266. The number of benzene rings is 2. The molecule has 0 bridgehead atoms. The number of hydrogen-bond acceptors (Lipinski definition) is 4. The molecule has 0 radical (unpaired) electrons. The molecule has 0 heterocycles. The molecule has 0 aliphatic heterocycles. The molecule has 26 heavy (non-hydrogen) atoms. The second kappa shape index (κ2) is 11.8. The van der Waals surface area contributed by atoms with Gasteiger partial charge in [0.2, 0.25) is 0 Å². The third-order valence-corrected chi connectivity index (χ3v) is 4.18. The van der Waals surface area contributed by atoms with Gasteiger partial charge < -0.3 is 20.1 Å². The van der Waals surface area contributed by atoms with Crippen molar-refractivity contribution in [2.45, 2.75) is 33.4 Å². The number of hydrogen-bond donors (Lipinski definition) is 2. The van der Waals surface area contributed by atoms with Gasteiger partial charge in [0.05, 0.1) is 6.61 Å². The standard InChI is InChI=1S/C21H29ClN2O2/c1-3-23-13-6-14-24-15-18-7-5-8-20(25-4-2)21(18)26-16-17-9-11-19(22)12-10-17/h5,7-12,23-24H,3-4,6,13-16H2,1-2H3. The Bertz CT molecular complexity index is 647. The first-order valence-corrected chi connectivity index (χ1v) is 9.65. The minimum atomic E-state index is 0.481. The lowest BCUT2D eigenvalue weighted by Gasteiger charge is -2.16. The topological polar surface area (TPSA) is 42.5 Å². The number of nitrogens with one attached hydrogen (secondary N) is 2. The summed E-state index contributed by atoms with van der Waals surface area (Å²) in [5.41, 5.74) is 2.18. The Balaban J connectivity index is 1.99. The van der Waals surface area contributed by atoms with E-state index in [4.69, 9.17) is 21.1 Å². The largest absolute Gasteiger partial charge is 0.490 e. The van der Waals surface area contributed by atoms with Crippen molar-refractivity contribution >= 4 is 11.6 Å². The Morgan fingerprint density at radius 2 is 1.69 bits per heavy atom. The fourth-order valence-electron chi connectivity index (χ4n) is 2.61. The van der Waals surface area contributed by atoms with Crippen molar-refractivity contribution in [1.82, 2.24) is 10.6 Å². The fraction of sp³-hybridized carbons (Fsp3) is 0.429. The molecular formula is C21H29ClN2O2. The summed E-state index contributed by atoms with van der Waals surface area (Å²) in [5, 5.41) is 7.54. The third kappa shape index (κ3) is 6.87. The summed E-state index contributed by atoms with van der Waals surface area (Å²) in [6, 6.07) is 13.7. The van der Waals surface area contributed by atoms with Crippen molar-refractivity contribution in [2.24, 2.45) is 0 Å². The highest BCUT2D eigenvalue weighted by molar-refractivity contribution is 6.30. The second-order valence-electron chi connectivity index (χ2n) is 5.98. The van der Waals surface area contributed by atoms with Crippen LogP contribution >= 0.6 is 11.6 Å². The highest BCUT2D eigenvalue weighted by Crippen LogP contribution is 2.32. The van der Waals surface area contributed by atoms with Crippen LogP contribution < -0.4 is 20.1 Å². The molecule has 0 aliphatic rings. The molecule has 0 aliphatic carbocycles. The fourth-order valence-corrected chi connectivity index (χ4v) is 2.73. The van der Waals surface area contributed by atoms with Crippen LogP contribution in [0.4, 0.5) is 0 Å². The van der Waals surface area contributed by atoms with Gasteiger partial charge in [-0.3, -0.25) is 0 Å². The zero-order valence-corrected chi connectivity index (χ0v) is 16.4. The van der Waals surface area contributed by atoms with Crippen molar-refractivity contribution < 1.29 is 9.47 Å². The summed E-state index contributed by atoms with van der Waals surface area (Å²) < 4.78 is 11.9. The molecule has 0 unspecified atom stereocenters. The first kappa shape index (κ1) is 20.6. The van der Waals surface area contributed by atoms with E-state index in [1.54, 1.807) is 0 Å². The predicted molar refractivity (Wildman–Crippen MR) is 108 cm³/mol. The van der Waals surface area contributed by atoms with Crippen LogP contribution in [0.5, 0.6) is 11.5 Å². The van der Waals surface area contributed by atoms with E-state index in [1.807, 2.05) is 43.3 Å². The van der Waals surface area contributed by atoms with Crippen LogP contribution in [-0.2, 0) is 13.2 Å². The van der Waals surface area contributed by atoms with Gasteiger partial charge >= 0.3 is 0 Å². The van der Waals surface area contributed by atoms with Gasteiger partial charge in [0.25, 0.3) is 0 Å². The van der Waals surface area contributed by atoms with E-state index in [2.05, 4.69) is 23.6 Å². The molecule has 142 valence electrons. The maximum Gasteiger partial charge on any atom is 0.166 e. The molecule has 5 heteroatoms. The minimum Gasteiger partial charge on any atom is -0.490 e. The number of ether oxygens (including phenoxy) is 2. The Hall–Kier alpha value is -1.75. The summed E-state index contributed by atoms with van der Waals surface area (Å²) in [6.45, 7) is 8.95. The zero-order chi connectivity index (χ0) is 18.6. The summed E-state index contributed by atoms with van der Waals surface area (Å²) in [7, 11) is 0. The van der Waals surface area contributed by atoms with E-state index >= 15 is 0 Å². The van der Waals surface area contributed by atoms with Crippen molar-refractivity contribution in [2.75, 3.05) is 26.2 Å². The molecule has 0 aromatic heterocycles. The molecule has 2 aromatic rings. The van der Waals surface area contributed by atoms with E-state index in [1.165, 1.54) is 0 Å². The Labute approximate surface area is 161 Å². The summed E-state index contributed by atoms with van der Waals surface area (Å²) in [4.78, 5) is 0. The molecule has 0 atom stereocenters. The normalized spacial score (nSPS) is 10.7. The lowest BCUT2D eigenvalue weighted by Crippen LogP contribution is -2.21. The second-order valence-corrected chi connectivity index (χ2v) is 6.41. The van der Waals surface area contributed by atoms with Crippen LogP contribution in [0, 0.1) is 0 Å². The summed E-state index contributed by atoms with van der Waals surface area (Å²) >= 11 is 5.95. The van der Waals surface area contributed by atoms with E-state index in [0.29, 0.717) is 13.2 Å². The molecule has 4 nitrogen and oxygen atoms in total. The van der Waals surface area contributed by atoms with Gasteiger partial charge in [-0.05, 0) is 56.7 Å². The molecule has 0 fully saturated rings. The lowest BCUT2D eigenvalue weighted by atomic mass is 10.1. The molecule has 2 N–H and O–H groups in total. The van der Waals surface area contributed by atoms with Crippen LogP contribution in [0.15, 0.2) is 42.5 Å². The quantitative estimate of drug-likeness (QED) is 0.538. The van der Waals surface area contributed by atoms with Gasteiger partial charge in [-0.2, -0.15) is 0 Å². The van der Waals surface area contributed by atoms with Gasteiger partial charge in [-0.25, -0.2) is 0 Å². The monoisotopic (exact) mass is 376 g/mol. The van der Waals surface area contributed by atoms with Gasteiger partial charge in [-0.15, -0.1) is 0 Å². The molecule has 0 amide bonds. The maximum atomic E-state index is 6.12. The number of rotatable bonds is 12. The maximum absolute atomic E-state index is 6.12.